The predicted octanol–water partition coefficient (Wildman–Crippen LogP) is 5.94. The molecule has 0 aromatic rings. The number of hydrogen-bond donors (Lipinski definition) is 1. The quantitative estimate of drug-likeness (QED) is 0.649. The maximum Gasteiger partial charge on any atom is 0.306 e. The molecule has 2 aliphatic carbocycles. The molecule has 1 unspecified atom stereocenters. The molecule has 2 heteroatoms. The summed E-state index contributed by atoms with van der Waals surface area (Å²) in [6, 6.07) is 0. The summed E-state index contributed by atoms with van der Waals surface area (Å²) in [4.78, 5) is 11.5. The molecule has 0 heterocycles. The Bertz CT molecular complexity index is 305. The van der Waals surface area contributed by atoms with Crippen molar-refractivity contribution < 1.29 is 9.90 Å². The van der Waals surface area contributed by atoms with Crippen LogP contribution in [0.1, 0.15) is 103 Å². The van der Waals surface area contributed by atoms with E-state index in [0.29, 0.717) is 5.41 Å². The zero-order chi connectivity index (χ0) is 15.0. The lowest BCUT2D eigenvalue weighted by Gasteiger charge is -2.38. The van der Waals surface area contributed by atoms with Crippen molar-refractivity contribution in [1.82, 2.24) is 0 Å². The number of aliphatic carboxylic acids is 1. The van der Waals surface area contributed by atoms with Gasteiger partial charge in [0.1, 0.15) is 0 Å². The number of carboxylic acid groups (broad SMARTS) is 1. The van der Waals surface area contributed by atoms with Crippen LogP contribution in [0.4, 0.5) is 0 Å². The Kier molecular flexibility index (Phi) is 7.06. The highest BCUT2D eigenvalue weighted by molar-refractivity contribution is 5.69. The van der Waals surface area contributed by atoms with Gasteiger partial charge in [0.25, 0.3) is 0 Å². The summed E-state index contributed by atoms with van der Waals surface area (Å²) in [6.45, 7) is 0. The molecule has 0 saturated heterocycles. The Morgan fingerprint density at radius 3 is 1.71 bits per heavy atom. The minimum absolute atomic E-state index is 0.0791. The fourth-order valence-corrected chi connectivity index (χ4v) is 4.57. The van der Waals surface area contributed by atoms with Crippen LogP contribution in [-0.4, -0.2) is 11.1 Å². The van der Waals surface area contributed by atoms with Crippen molar-refractivity contribution in [3.8, 4) is 0 Å². The second-order valence-corrected chi connectivity index (χ2v) is 7.65. The van der Waals surface area contributed by atoms with Crippen molar-refractivity contribution in [3.05, 3.63) is 0 Å². The average molecular weight is 294 g/mol. The van der Waals surface area contributed by atoms with Crippen LogP contribution in [0.3, 0.4) is 0 Å². The molecule has 0 aliphatic heterocycles. The second kappa shape index (κ2) is 8.80. The van der Waals surface area contributed by atoms with Gasteiger partial charge in [-0.3, -0.25) is 4.79 Å². The molecule has 2 rings (SSSR count). The third-order valence-corrected chi connectivity index (χ3v) is 6.05. The molecule has 0 amide bonds. The average Bonchev–Trinajstić information content (AvgIpc) is 2.50. The van der Waals surface area contributed by atoms with E-state index in [-0.39, 0.29) is 5.92 Å². The lowest BCUT2D eigenvalue weighted by molar-refractivity contribution is -0.142. The Labute approximate surface area is 130 Å². The molecule has 21 heavy (non-hydrogen) atoms. The van der Waals surface area contributed by atoms with Gasteiger partial charge in [-0.05, 0) is 43.9 Å². The number of rotatable bonds is 1. The van der Waals surface area contributed by atoms with Gasteiger partial charge in [0.15, 0.2) is 0 Å². The maximum atomic E-state index is 11.5. The van der Waals surface area contributed by atoms with Crippen LogP contribution in [-0.2, 0) is 4.79 Å². The zero-order valence-corrected chi connectivity index (χ0v) is 13.7. The van der Waals surface area contributed by atoms with Crippen LogP contribution in [0.25, 0.3) is 0 Å². The highest BCUT2D eigenvalue weighted by Gasteiger charge is 2.32. The molecule has 2 aliphatic rings. The topological polar surface area (TPSA) is 37.3 Å². The van der Waals surface area contributed by atoms with Gasteiger partial charge < -0.3 is 5.11 Å². The van der Waals surface area contributed by atoms with Crippen LogP contribution >= 0.6 is 0 Å². The largest absolute Gasteiger partial charge is 0.481 e. The van der Waals surface area contributed by atoms with Crippen LogP contribution < -0.4 is 0 Å². The molecule has 2 nitrogen and oxygen atoms in total. The van der Waals surface area contributed by atoms with Gasteiger partial charge in [-0.25, -0.2) is 0 Å². The molecular weight excluding hydrogens is 260 g/mol. The summed E-state index contributed by atoms with van der Waals surface area (Å²) in [5.41, 5.74) is 0.500. The van der Waals surface area contributed by atoms with Crippen LogP contribution in [0.5, 0.6) is 0 Å². The van der Waals surface area contributed by atoms with Crippen molar-refractivity contribution in [2.75, 3.05) is 0 Å². The minimum atomic E-state index is -0.546. The van der Waals surface area contributed by atoms with Gasteiger partial charge in [-0.1, -0.05) is 64.2 Å². The van der Waals surface area contributed by atoms with Gasteiger partial charge in [0, 0.05) is 0 Å². The molecule has 0 radical (unpaired) electrons. The highest BCUT2D eigenvalue weighted by atomic mass is 16.4. The molecule has 2 saturated carbocycles. The van der Waals surface area contributed by atoms with E-state index < -0.39 is 5.97 Å². The van der Waals surface area contributed by atoms with E-state index in [2.05, 4.69) is 0 Å². The molecule has 0 aromatic heterocycles. The Balaban J connectivity index is 1.97. The molecule has 1 spiro atoms. The molecule has 2 fully saturated rings. The second-order valence-electron chi connectivity index (χ2n) is 7.65. The van der Waals surface area contributed by atoms with E-state index in [1.807, 2.05) is 0 Å². The van der Waals surface area contributed by atoms with E-state index in [9.17, 15) is 9.90 Å². The Morgan fingerprint density at radius 2 is 1.14 bits per heavy atom. The number of carbonyl (C=O) groups is 1. The van der Waals surface area contributed by atoms with Gasteiger partial charge in [0.2, 0.25) is 0 Å². The fourth-order valence-electron chi connectivity index (χ4n) is 4.57. The third-order valence-electron chi connectivity index (χ3n) is 6.05. The van der Waals surface area contributed by atoms with Crippen LogP contribution in [0, 0.1) is 11.3 Å². The maximum absolute atomic E-state index is 11.5. The summed E-state index contributed by atoms with van der Waals surface area (Å²) < 4.78 is 0. The first kappa shape index (κ1) is 16.8. The van der Waals surface area contributed by atoms with E-state index >= 15 is 0 Å². The zero-order valence-electron chi connectivity index (χ0n) is 13.7. The first-order chi connectivity index (χ1) is 10.2. The summed E-state index contributed by atoms with van der Waals surface area (Å²) >= 11 is 0. The molecule has 0 aromatic carbocycles. The smallest absolute Gasteiger partial charge is 0.306 e. The van der Waals surface area contributed by atoms with Crippen LogP contribution in [0.15, 0.2) is 0 Å². The summed E-state index contributed by atoms with van der Waals surface area (Å²) in [5, 5.41) is 9.49. The SMILES string of the molecule is O=C(O)C1CCCCCCCCCC2(CCCCC2)CC1. The van der Waals surface area contributed by atoms with Crippen molar-refractivity contribution in [2.24, 2.45) is 11.3 Å². The van der Waals surface area contributed by atoms with Gasteiger partial charge in [0.05, 0.1) is 5.92 Å². The summed E-state index contributed by atoms with van der Waals surface area (Å²) in [7, 11) is 0. The van der Waals surface area contributed by atoms with Gasteiger partial charge in [-0.15, -0.1) is 0 Å². The first-order valence-corrected chi connectivity index (χ1v) is 9.45. The first-order valence-electron chi connectivity index (χ1n) is 9.45. The highest BCUT2D eigenvalue weighted by Crippen LogP contribution is 2.45. The summed E-state index contributed by atoms with van der Waals surface area (Å²) in [6.07, 6.45) is 20.4. The predicted molar refractivity (Wildman–Crippen MR) is 87.4 cm³/mol. The molecule has 1 N–H and O–H groups in total. The van der Waals surface area contributed by atoms with Crippen molar-refractivity contribution in [3.63, 3.8) is 0 Å². The normalized spacial score (nSPS) is 29.0. The summed E-state index contributed by atoms with van der Waals surface area (Å²) in [5.74, 6) is -0.625. The van der Waals surface area contributed by atoms with E-state index in [4.69, 9.17) is 0 Å². The standard InChI is InChI=1S/C19H34O2/c20-18(21)17-11-7-4-2-1-3-5-8-13-19(16-12-17)14-9-6-10-15-19/h17H,1-16H2,(H,20,21). The monoisotopic (exact) mass is 294 g/mol. The van der Waals surface area contributed by atoms with Crippen molar-refractivity contribution in [1.29, 1.82) is 0 Å². The molecular formula is C19H34O2. The lowest BCUT2D eigenvalue weighted by atomic mass is 9.67. The molecule has 122 valence electrons. The molecule has 1 atom stereocenters. The van der Waals surface area contributed by atoms with Crippen molar-refractivity contribution in [2.45, 2.75) is 103 Å². The van der Waals surface area contributed by atoms with Gasteiger partial charge in [-0.2, -0.15) is 0 Å². The van der Waals surface area contributed by atoms with E-state index in [1.54, 1.807) is 0 Å². The molecule has 0 bridgehead atoms. The minimum Gasteiger partial charge on any atom is -0.481 e. The van der Waals surface area contributed by atoms with Crippen molar-refractivity contribution >= 4 is 5.97 Å². The van der Waals surface area contributed by atoms with E-state index in [1.165, 1.54) is 83.5 Å². The lowest BCUT2D eigenvalue weighted by Crippen LogP contribution is -2.26. The van der Waals surface area contributed by atoms with E-state index in [0.717, 1.165) is 19.3 Å². The Hall–Kier alpha value is -0.530. The number of hydrogen-bond acceptors (Lipinski definition) is 1. The fraction of sp³-hybridized carbons (Fsp3) is 0.947. The third kappa shape index (κ3) is 5.64. The Morgan fingerprint density at radius 1 is 0.667 bits per heavy atom. The van der Waals surface area contributed by atoms with Crippen LogP contribution in [0.2, 0.25) is 0 Å². The number of carboxylic acids is 1. The van der Waals surface area contributed by atoms with Gasteiger partial charge >= 0.3 is 5.97 Å².